The minimum absolute atomic E-state index is 0.00274. The second kappa shape index (κ2) is 7.50. The van der Waals surface area contributed by atoms with Crippen molar-refractivity contribution in [3.05, 3.63) is 45.3 Å². The minimum Gasteiger partial charge on any atom is -0.484 e. The van der Waals surface area contributed by atoms with Crippen LogP contribution in [0.5, 0.6) is 5.75 Å². The fourth-order valence-corrected chi connectivity index (χ4v) is 3.97. The maximum absolute atomic E-state index is 11.9. The summed E-state index contributed by atoms with van der Waals surface area (Å²) in [5, 5.41) is 0.587. The Kier molecular flexibility index (Phi) is 5.88. The monoisotopic (exact) mass is 394 g/mol. The quantitative estimate of drug-likeness (QED) is 0.737. The van der Waals surface area contributed by atoms with E-state index in [9.17, 15) is 13.2 Å². The van der Waals surface area contributed by atoms with Crippen molar-refractivity contribution in [2.45, 2.75) is 11.1 Å². The van der Waals surface area contributed by atoms with Gasteiger partial charge in [0.15, 0.2) is 6.61 Å². The van der Waals surface area contributed by atoms with Crippen LogP contribution in [0.25, 0.3) is 0 Å². The van der Waals surface area contributed by atoms with Crippen LogP contribution >= 0.6 is 34.5 Å². The maximum Gasteiger partial charge on any atom is 0.272 e. The number of benzene rings is 1. The Morgan fingerprint density at radius 1 is 1.26 bits per heavy atom. The lowest BCUT2D eigenvalue weighted by Gasteiger charge is -2.09. The van der Waals surface area contributed by atoms with Crippen molar-refractivity contribution in [3.8, 4) is 5.75 Å². The Morgan fingerprint density at radius 3 is 2.61 bits per heavy atom. The Balaban J connectivity index is 1.86. The van der Waals surface area contributed by atoms with Crippen LogP contribution in [-0.4, -0.2) is 20.9 Å². The molecule has 0 spiro atoms. The van der Waals surface area contributed by atoms with E-state index in [-0.39, 0.29) is 10.8 Å². The average molecular weight is 395 g/mol. The number of carbonyl (C=O) groups excluding carboxylic acids is 1. The first kappa shape index (κ1) is 18.0. The summed E-state index contributed by atoms with van der Waals surface area (Å²) in [5.74, 6) is -0.196. The van der Waals surface area contributed by atoms with Crippen molar-refractivity contribution in [1.29, 1.82) is 0 Å². The van der Waals surface area contributed by atoms with Crippen molar-refractivity contribution in [2.75, 3.05) is 6.61 Å². The first-order valence-electron chi connectivity index (χ1n) is 6.23. The number of carbonyl (C=O) groups is 1. The van der Waals surface area contributed by atoms with E-state index in [1.165, 1.54) is 12.1 Å². The zero-order valence-electron chi connectivity index (χ0n) is 11.8. The largest absolute Gasteiger partial charge is 0.484 e. The molecule has 1 heterocycles. The summed E-state index contributed by atoms with van der Waals surface area (Å²) in [6.45, 7) is 1.45. The van der Waals surface area contributed by atoms with E-state index in [0.29, 0.717) is 15.1 Å². The first-order chi connectivity index (χ1) is 10.8. The van der Waals surface area contributed by atoms with Gasteiger partial charge in [0.1, 0.15) is 9.96 Å². The molecule has 1 amide bonds. The summed E-state index contributed by atoms with van der Waals surface area (Å²) in [4.78, 5) is 13.6. The highest BCUT2D eigenvalue weighted by atomic mass is 35.5. The van der Waals surface area contributed by atoms with Crippen molar-refractivity contribution < 1.29 is 17.9 Å². The van der Waals surface area contributed by atoms with Crippen molar-refractivity contribution in [3.63, 3.8) is 0 Å². The fraction of sp³-hybridized carbons (Fsp3) is 0.154. The van der Waals surface area contributed by atoms with Gasteiger partial charge < -0.3 is 4.74 Å². The van der Waals surface area contributed by atoms with Crippen LogP contribution in [0.2, 0.25) is 9.36 Å². The van der Waals surface area contributed by atoms with E-state index in [1.807, 2.05) is 4.83 Å². The molecule has 2 aromatic rings. The maximum atomic E-state index is 11.9. The van der Waals surface area contributed by atoms with Gasteiger partial charge in [0.25, 0.3) is 15.9 Å². The molecule has 2 N–H and O–H groups in total. The van der Waals surface area contributed by atoms with Crippen molar-refractivity contribution in [1.82, 2.24) is 10.3 Å². The number of sulfonamides is 1. The molecule has 0 saturated carbocycles. The number of ether oxygens (including phenoxy) is 1. The third kappa shape index (κ3) is 5.08. The van der Waals surface area contributed by atoms with E-state index >= 15 is 0 Å². The molecule has 0 aliphatic rings. The normalized spacial score (nSPS) is 11.3. The lowest BCUT2D eigenvalue weighted by Crippen LogP contribution is -2.43. The SMILES string of the molecule is Cc1cc(OCC(=O)NNS(=O)(=O)c2ccc(Cl)s2)ccc1Cl. The number of halogens is 2. The Morgan fingerprint density at radius 2 is 2.00 bits per heavy atom. The van der Waals surface area contributed by atoms with Crippen LogP contribution in [0.1, 0.15) is 5.56 Å². The molecular weight excluding hydrogens is 383 g/mol. The van der Waals surface area contributed by atoms with E-state index in [1.54, 1.807) is 25.1 Å². The molecule has 0 atom stereocenters. The molecule has 0 radical (unpaired) electrons. The summed E-state index contributed by atoms with van der Waals surface area (Å²) in [7, 11) is -3.85. The lowest BCUT2D eigenvalue weighted by molar-refractivity contribution is -0.123. The first-order valence-corrected chi connectivity index (χ1v) is 9.28. The zero-order chi connectivity index (χ0) is 17.0. The number of hydrogen-bond acceptors (Lipinski definition) is 5. The summed E-state index contributed by atoms with van der Waals surface area (Å²) < 4.78 is 29.3. The molecule has 124 valence electrons. The minimum atomic E-state index is -3.85. The van der Waals surface area contributed by atoms with Gasteiger partial charge in [-0.15, -0.1) is 16.2 Å². The highest BCUT2D eigenvalue weighted by molar-refractivity contribution is 7.91. The summed E-state index contributed by atoms with van der Waals surface area (Å²) in [6.07, 6.45) is 0. The smallest absolute Gasteiger partial charge is 0.272 e. The van der Waals surface area contributed by atoms with Gasteiger partial charge >= 0.3 is 0 Å². The molecular formula is C13H12Cl2N2O4S2. The predicted molar refractivity (Wildman–Crippen MR) is 89.5 cm³/mol. The van der Waals surface area contributed by atoms with E-state index < -0.39 is 15.9 Å². The molecule has 6 nitrogen and oxygen atoms in total. The van der Waals surface area contributed by atoms with E-state index in [4.69, 9.17) is 27.9 Å². The van der Waals surface area contributed by atoms with Gasteiger partial charge in [-0.3, -0.25) is 10.2 Å². The van der Waals surface area contributed by atoms with Crippen LogP contribution in [0.3, 0.4) is 0 Å². The zero-order valence-corrected chi connectivity index (χ0v) is 14.9. The van der Waals surface area contributed by atoms with Crippen molar-refractivity contribution >= 4 is 50.5 Å². The van der Waals surface area contributed by atoms with Crippen LogP contribution in [0.4, 0.5) is 0 Å². The van der Waals surface area contributed by atoms with E-state index in [2.05, 4.69) is 5.43 Å². The van der Waals surface area contributed by atoms with Crippen LogP contribution in [0.15, 0.2) is 34.5 Å². The van der Waals surface area contributed by atoms with Gasteiger partial charge in [0, 0.05) is 5.02 Å². The topological polar surface area (TPSA) is 84.5 Å². The number of hydrogen-bond donors (Lipinski definition) is 2. The molecule has 1 aromatic heterocycles. The Hall–Kier alpha value is -1.32. The van der Waals surface area contributed by atoms with E-state index in [0.717, 1.165) is 16.9 Å². The molecule has 23 heavy (non-hydrogen) atoms. The average Bonchev–Trinajstić information content (AvgIpc) is 2.94. The second-order valence-electron chi connectivity index (χ2n) is 4.41. The number of aryl methyl sites for hydroxylation is 1. The third-order valence-electron chi connectivity index (χ3n) is 2.64. The van der Waals surface area contributed by atoms with Gasteiger partial charge in [-0.05, 0) is 42.8 Å². The predicted octanol–water partition coefficient (Wildman–Crippen LogP) is 2.75. The molecule has 10 heteroatoms. The standard InChI is InChI=1S/C13H12Cl2N2O4S2/c1-8-6-9(2-3-10(8)14)21-7-12(18)16-17-23(19,20)13-5-4-11(15)22-13/h2-6,17H,7H2,1H3,(H,16,18). The Labute approximate surface area is 147 Å². The summed E-state index contributed by atoms with van der Waals surface area (Å²) >= 11 is 12.4. The molecule has 2 rings (SSSR count). The summed E-state index contributed by atoms with van der Waals surface area (Å²) in [5.41, 5.74) is 2.87. The molecule has 0 saturated heterocycles. The molecule has 0 aliphatic carbocycles. The fourth-order valence-electron chi connectivity index (χ4n) is 1.51. The second-order valence-corrected chi connectivity index (χ2v) is 8.44. The van der Waals surface area contributed by atoms with Crippen molar-refractivity contribution in [2.24, 2.45) is 0 Å². The highest BCUT2D eigenvalue weighted by Gasteiger charge is 2.17. The summed E-state index contributed by atoms with van der Waals surface area (Å²) in [6, 6.07) is 7.73. The third-order valence-corrected chi connectivity index (χ3v) is 6.03. The number of nitrogens with one attached hydrogen (secondary N) is 2. The molecule has 0 aliphatic heterocycles. The van der Waals surface area contributed by atoms with Crippen LogP contribution in [0, 0.1) is 6.92 Å². The van der Waals surface area contributed by atoms with Gasteiger partial charge in [0.2, 0.25) is 0 Å². The number of rotatable bonds is 6. The van der Waals surface area contributed by atoms with Gasteiger partial charge in [-0.25, -0.2) is 8.42 Å². The molecule has 0 bridgehead atoms. The van der Waals surface area contributed by atoms with Gasteiger partial charge in [0.05, 0.1) is 4.34 Å². The van der Waals surface area contributed by atoms with Gasteiger partial charge in [-0.2, -0.15) is 0 Å². The molecule has 0 unspecified atom stereocenters. The van der Waals surface area contributed by atoms with Crippen LogP contribution < -0.4 is 15.0 Å². The number of thiophene rings is 1. The highest BCUT2D eigenvalue weighted by Crippen LogP contribution is 2.25. The number of amides is 1. The Bertz CT molecular complexity index is 821. The molecule has 0 fully saturated rings. The van der Waals surface area contributed by atoms with Gasteiger partial charge in [-0.1, -0.05) is 23.2 Å². The number of hydrazine groups is 1. The van der Waals surface area contributed by atoms with Crippen LogP contribution in [-0.2, 0) is 14.8 Å². The lowest BCUT2D eigenvalue weighted by atomic mass is 10.2. The molecule has 1 aromatic carbocycles.